The first-order valence-corrected chi connectivity index (χ1v) is 4.69. The van der Waals surface area contributed by atoms with Crippen LogP contribution in [0.3, 0.4) is 0 Å². The number of halogens is 1. The number of allylic oxidation sites excluding steroid dienone is 1. The molecule has 1 N–H and O–H groups in total. The van der Waals surface area contributed by atoms with E-state index in [1.165, 1.54) is 0 Å². The zero-order chi connectivity index (χ0) is 8.97. The molecule has 1 rings (SSSR count). The van der Waals surface area contributed by atoms with E-state index in [1.54, 1.807) is 5.54 Å². The van der Waals surface area contributed by atoms with Crippen LogP contribution in [0, 0.1) is 5.92 Å². The maximum Gasteiger partial charge on any atom is 0.0615 e. The van der Waals surface area contributed by atoms with Crippen molar-refractivity contribution >= 4 is 11.6 Å². The van der Waals surface area contributed by atoms with Crippen LogP contribution in [0.25, 0.3) is 0 Å². The lowest BCUT2D eigenvalue weighted by atomic mass is 9.92. The van der Waals surface area contributed by atoms with Crippen molar-refractivity contribution in [1.82, 2.24) is 0 Å². The second-order valence-electron chi connectivity index (χ2n) is 3.35. The van der Waals surface area contributed by atoms with Crippen LogP contribution in [-0.2, 0) is 4.74 Å². The maximum atomic E-state index is 9.56. The number of rotatable bonds is 2. The van der Waals surface area contributed by atoms with Crippen LogP contribution in [0.15, 0.2) is 11.1 Å². The van der Waals surface area contributed by atoms with E-state index in [4.69, 9.17) is 16.3 Å². The number of aliphatic hydroxyl groups excluding tert-OH is 1. The predicted molar refractivity (Wildman–Crippen MR) is 49.2 cm³/mol. The Bertz CT molecular complexity index is 168. The topological polar surface area (TPSA) is 29.5 Å². The van der Waals surface area contributed by atoms with E-state index in [2.05, 4.69) is 0 Å². The zero-order valence-electron chi connectivity index (χ0n) is 7.29. The van der Waals surface area contributed by atoms with E-state index in [-0.39, 0.29) is 12.0 Å². The molecule has 1 fully saturated rings. The van der Waals surface area contributed by atoms with Gasteiger partial charge < -0.3 is 9.84 Å². The monoisotopic (exact) mass is 190 g/mol. The van der Waals surface area contributed by atoms with Gasteiger partial charge in [-0.15, -0.1) is 0 Å². The molecule has 0 amide bonds. The molecule has 0 spiro atoms. The molecular weight excluding hydrogens is 176 g/mol. The van der Waals surface area contributed by atoms with Crippen molar-refractivity contribution < 1.29 is 9.84 Å². The van der Waals surface area contributed by atoms with E-state index in [1.807, 2.05) is 6.92 Å². The van der Waals surface area contributed by atoms with Gasteiger partial charge >= 0.3 is 0 Å². The molecule has 0 saturated carbocycles. The molecule has 2 nitrogen and oxygen atoms in total. The lowest BCUT2D eigenvalue weighted by Crippen LogP contribution is -2.31. The summed E-state index contributed by atoms with van der Waals surface area (Å²) in [6, 6.07) is 0. The zero-order valence-corrected chi connectivity index (χ0v) is 8.05. The average molecular weight is 191 g/mol. The Hall–Kier alpha value is -0.0500. The minimum Gasteiger partial charge on any atom is -0.393 e. The Morgan fingerprint density at radius 2 is 2.50 bits per heavy atom. The average Bonchev–Trinajstić information content (AvgIpc) is 2.09. The molecule has 0 aliphatic carbocycles. The summed E-state index contributed by atoms with van der Waals surface area (Å²) in [6.07, 6.45) is 1.37. The van der Waals surface area contributed by atoms with Crippen LogP contribution in [0.1, 0.15) is 19.8 Å². The highest BCUT2D eigenvalue weighted by Crippen LogP contribution is 2.21. The van der Waals surface area contributed by atoms with Crippen molar-refractivity contribution in [2.75, 3.05) is 13.2 Å². The number of hydrogen-bond acceptors (Lipinski definition) is 2. The number of aliphatic hydroxyl groups is 1. The molecule has 1 aliphatic rings. The largest absolute Gasteiger partial charge is 0.393 e. The van der Waals surface area contributed by atoms with Crippen molar-refractivity contribution in [3.05, 3.63) is 11.1 Å². The van der Waals surface area contributed by atoms with Gasteiger partial charge in [-0.2, -0.15) is 0 Å². The van der Waals surface area contributed by atoms with E-state index in [0.29, 0.717) is 13.2 Å². The summed E-state index contributed by atoms with van der Waals surface area (Å²) in [7, 11) is 0. The van der Waals surface area contributed by atoms with Crippen LogP contribution >= 0.6 is 11.6 Å². The van der Waals surface area contributed by atoms with Gasteiger partial charge in [-0.1, -0.05) is 17.2 Å². The van der Waals surface area contributed by atoms with Crippen molar-refractivity contribution in [2.45, 2.75) is 25.9 Å². The summed E-state index contributed by atoms with van der Waals surface area (Å²) < 4.78 is 5.27. The van der Waals surface area contributed by atoms with Gasteiger partial charge in [0.2, 0.25) is 0 Å². The highest BCUT2D eigenvalue weighted by molar-refractivity contribution is 6.25. The molecule has 0 aromatic heterocycles. The lowest BCUT2D eigenvalue weighted by molar-refractivity contribution is -0.0350. The molecule has 12 heavy (non-hydrogen) atoms. The smallest absolute Gasteiger partial charge is 0.0615 e. The van der Waals surface area contributed by atoms with Crippen LogP contribution in [0.4, 0.5) is 0 Å². The predicted octanol–water partition coefficient (Wildman–Crippen LogP) is 1.92. The lowest BCUT2D eigenvalue weighted by Gasteiger charge is -2.27. The van der Waals surface area contributed by atoms with Crippen molar-refractivity contribution in [3.63, 3.8) is 0 Å². The Kier molecular flexibility index (Phi) is 4.06. The molecule has 1 aliphatic heterocycles. The van der Waals surface area contributed by atoms with E-state index in [0.717, 1.165) is 18.4 Å². The summed E-state index contributed by atoms with van der Waals surface area (Å²) in [4.78, 5) is 0. The third-order valence-electron chi connectivity index (χ3n) is 2.20. The van der Waals surface area contributed by atoms with Gasteiger partial charge in [0.05, 0.1) is 12.7 Å². The van der Waals surface area contributed by atoms with Crippen molar-refractivity contribution in [3.8, 4) is 0 Å². The first kappa shape index (κ1) is 10.0. The van der Waals surface area contributed by atoms with Gasteiger partial charge in [0.15, 0.2) is 0 Å². The molecule has 1 saturated heterocycles. The molecule has 2 unspecified atom stereocenters. The molecule has 70 valence electrons. The summed E-state index contributed by atoms with van der Waals surface area (Å²) in [5, 5.41) is 9.56. The molecule has 1 heterocycles. The van der Waals surface area contributed by atoms with Crippen LogP contribution in [0.5, 0.6) is 0 Å². The van der Waals surface area contributed by atoms with Gasteiger partial charge in [-0.3, -0.25) is 0 Å². The third-order valence-corrected chi connectivity index (χ3v) is 2.58. The fraction of sp³-hybridized carbons (Fsp3) is 0.778. The van der Waals surface area contributed by atoms with Crippen LogP contribution in [0.2, 0.25) is 0 Å². The van der Waals surface area contributed by atoms with Gasteiger partial charge in [0, 0.05) is 18.1 Å². The standard InChI is InChI=1S/C9H15ClO2/c1-7(5-10)4-8-6-12-3-2-9(8)11/h5,8-9,11H,2-4,6H2,1H3. The number of hydrogen-bond donors (Lipinski definition) is 1. The Labute approximate surface area is 78.2 Å². The Morgan fingerprint density at radius 3 is 3.08 bits per heavy atom. The summed E-state index contributed by atoms with van der Waals surface area (Å²) in [5.41, 5.74) is 2.67. The SMILES string of the molecule is CC(=CCl)CC1COCCC1O. The second-order valence-corrected chi connectivity index (χ2v) is 3.57. The fourth-order valence-electron chi connectivity index (χ4n) is 1.44. The van der Waals surface area contributed by atoms with Crippen molar-refractivity contribution in [1.29, 1.82) is 0 Å². The second kappa shape index (κ2) is 4.85. The summed E-state index contributed by atoms with van der Waals surface area (Å²) in [6.45, 7) is 3.30. The first-order chi connectivity index (χ1) is 5.74. The van der Waals surface area contributed by atoms with Gasteiger partial charge in [0.25, 0.3) is 0 Å². The summed E-state index contributed by atoms with van der Waals surface area (Å²) >= 11 is 5.53. The molecule has 3 heteroatoms. The minimum atomic E-state index is -0.217. The third kappa shape index (κ3) is 2.77. The molecule has 2 atom stereocenters. The Balaban J connectivity index is 2.39. The minimum absolute atomic E-state index is 0.217. The first-order valence-electron chi connectivity index (χ1n) is 4.25. The molecule has 0 aromatic rings. The number of ether oxygens (including phenoxy) is 1. The quantitative estimate of drug-likeness (QED) is 0.721. The summed E-state index contributed by atoms with van der Waals surface area (Å²) in [5.74, 6) is 0.230. The maximum absolute atomic E-state index is 9.56. The van der Waals surface area contributed by atoms with E-state index >= 15 is 0 Å². The highest BCUT2D eigenvalue weighted by Gasteiger charge is 2.23. The van der Waals surface area contributed by atoms with Crippen molar-refractivity contribution in [2.24, 2.45) is 5.92 Å². The van der Waals surface area contributed by atoms with Crippen LogP contribution < -0.4 is 0 Å². The molecular formula is C9H15ClO2. The van der Waals surface area contributed by atoms with Gasteiger partial charge in [-0.25, -0.2) is 0 Å². The highest BCUT2D eigenvalue weighted by atomic mass is 35.5. The Morgan fingerprint density at radius 1 is 1.75 bits per heavy atom. The van der Waals surface area contributed by atoms with E-state index in [9.17, 15) is 5.11 Å². The van der Waals surface area contributed by atoms with Gasteiger partial charge in [0.1, 0.15) is 0 Å². The van der Waals surface area contributed by atoms with Gasteiger partial charge in [-0.05, 0) is 19.8 Å². The normalized spacial score (nSPS) is 32.1. The fourth-order valence-corrected chi connectivity index (χ4v) is 1.53. The molecule has 0 radical (unpaired) electrons. The molecule has 0 bridgehead atoms. The van der Waals surface area contributed by atoms with E-state index < -0.39 is 0 Å². The molecule has 0 aromatic carbocycles. The van der Waals surface area contributed by atoms with Crippen LogP contribution in [-0.4, -0.2) is 24.4 Å².